The number of hydrogen-bond acceptors (Lipinski definition) is 5. The summed E-state index contributed by atoms with van der Waals surface area (Å²) in [4.78, 5) is 8.46. The average molecular weight is 274 g/mol. The van der Waals surface area contributed by atoms with E-state index in [-0.39, 0.29) is 0 Å². The highest BCUT2D eigenvalue weighted by Crippen LogP contribution is 2.11. The highest BCUT2D eigenvalue weighted by atomic mass is 16.5. The van der Waals surface area contributed by atoms with E-state index >= 15 is 0 Å². The summed E-state index contributed by atoms with van der Waals surface area (Å²) in [6, 6.07) is 4.31. The Morgan fingerprint density at radius 2 is 2.00 bits per heavy atom. The molecule has 0 bridgehead atoms. The average Bonchev–Trinajstić information content (AvgIpc) is 2.86. The molecule has 0 aromatic carbocycles. The zero-order valence-electron chi connectivity index (χ0n) is 12.3. The number of nitrogens with zero attached hydrogens (tertiary/aromatic N) is 3. The maximum absolute atomic E-state index is 5.33. The van der Waals surface area contributed by atoms with Gasteiger partial charge in [0, 0.05) is 31.3 Å². The van der Waals surface area contributed by atoms with Gasteiger partial charge in [0.15, 0.2) is 5.82 Å². The molecular formula is C15H22N4O. The van der Waals surface area contributed by atoms with Gasteiger partial charge >= 0.3 is 0 Å². The van der Waals surface area contributed by atoms with E-state index in [4.69, 9.17) is 4.52 Å². The Balaban J connectivity index is 1.95. The van der Waals surface area contributed by atoms with Gasteiger partial charge < -0.3 is 9.84 Å². The second kappa shape index (κ2) is 7.14. The summed E-state index contributed by atoms with van der Waals surface area (Å²) in [6.07, 6.45) is 6.10. The lowest BCUT2D eigenvalue weighted by Crippen LogP contribution is -2.29. The number of hydrogen-bond donors (Lipinski definition) is 1. The second-order valence-electron chi connectivity index (χ2n) is 5.46. The molecule has 1 atom stereocenters. The summed E-state index contributed by atoms with van der Waals surface area (Å²) in [5.74, 6) is 2.08. The number of pyridine rings is 1. The van der Waals surface area contributed by atoms with Crippen molar-refractivity contribution in [3.8, 4) is 0 Å². The maximum Gasteiger partial charge on any atom is 0.228 e. The van der Waals surface area contributed by atoms with Crippen molar-refractivity contribution in [3.63, 3.8) is 0 Å². The zero-order chi connectivity index (χ0) is 14.4. The van der Waals surface area contributed by atoms with Gasteiger partial charge in [0.1, 0.15) is 0 Å². The summed E-state index contributed by atoms with van der Waals surface area (Å²) < 4.78 is 5.33. The summed E-state index contributed by atoms with van der Waals surface area (Å²) in [5, 5.41) is 7.35. The smallest absolute Gasteiger partial charge is 0.228 e. The van der Waals surface area contributed by atoms with E-state index in [1.807, 2.05) is 19.2 Å². The molecule has 5 heteroatoms. The van der Waals surface area contributed by atoms with Gasteiger partial charge in [-0.25, -0.2) is 0 Å². The van der Waals surface area contributed by atoms with Gasteiger partial charge in [0.25, 0.3) is 0 Å². The summed E-state index contributed by atoms with van der Waals surface area (Å²) in [6.45, 7) is 4.43. The number of aromatic nitrogens is 3. The third kappa shape index (κ3) is 4.42. The van der Waals surface area contributed by atoms with Crippen molar-refractivity contribution in [2.24, 2.45) is 5.92 Å². The summed E-state index contributed by atoms with van der Waals surface area (Å²) in [5.41, 5.74) is 1.14. The van der Waals surface area contributed by atoms with Gasteiger partial charge in [0.05, 0.1) is 0 Å². The predicted octanol–water partition coefficient (Wildman–Crippen LogP) is 2.23. The molecule has 0 radical (unpaired) electrons. The van der Waals surface area contributed by atoms with Crippen molar-refractivity contribution in [1.82, 2.24) is 20.4 Å². The molecule has 1 N–H and O–H groups in total. The van der Waals surface area contributed by atoms with Crippen LogP contribution in [0.2, 0.25) is 0 Å². The van der Waals surface area contributed by atoms with Gasteiger partial charge in [-0.2, -0.15) is 4.98 Å². The van der Waals surface area contributed by atoms with Crippen molar-refractivity contribution < 1.29 is 4.52 Å². The van der Waals surface area contributed by atoms with E-state index in [0.29, 0.717) is 24.3 Å². The molecule has 2 aromatic rings. The maximum atomic E-state index is 5.33. The number of likely N-dealkylation sites (N-methyl/N-ethyl adjacent to an activating group) is 1. The molecule has 2 rings (SSSR count). The molecule has 2 heterocycles. The quantitative estimate of drug-likeness (QED) is 0.839. The van der Waals surface area contributed by atoms with Crippen LogP contribution in [0, 0.1) is 5.92 Å². The highest BCUT2D eigenvalue weighted by Gasteiger charge is 2.14. The normalized spacial score (nSPS) is 12.8. The SMILES string of the molecule is CNC(Cc1nc(Cc2ccncc2)no1)CC(C)C. The first-order valence-electron chi connectivity index (χ1n) is 7.05. The largest absolute Gasteiger partial charge is 0.339 e. The van der Waals surface area contributed by atoms with Crippen LogP contribution in [0.4, 0.5) is 0 Å². The molecule has 0 aliphatic carbocycles. The fourth-order valence-corrected chi connectivity index (χ4v) is 2.21. The predicted molar refractivity (Wildman–Crippen MR) is 77.3 cm³/mol. The standard InChI is InChI=1S/C15H22N4O/c1-11(2)8-13(16-3)10-15-18-14(19-20-15)9-12-4-6-17-7-5-12/h4-7,11,13,16H,8-10H2,1-3H3. The van der Waals surface area contributed by atoms with Gasteiger partial charge in [-0.05, 0) is 37.1 Å². The van der Waals surface area contributed by atoms with Crippen molar-refractivity contribution >= 4 is 0 Å². The zero-order valence-corrected chi connectivity index (χ0v) is 12.3. The first-order chi connectivity index (χ1) is 9.67. The summed E-state index contributed by atoms with van der Waals surface area (Å²) >= 11 is 0. The topological polar surface area (TPSA) is 63.8 Å². The summed E-state index contributed by atoms with van der Waals surface area (Å²) in [7, 11) is 1.97. The first-order valence-corrected chi connectivity index (χ1v) is 7.05. The molecule has 5 nitrogen and oxygen atoms in total. The van der Waals surface area contributed by atoms with Gasteiger partial charge in [-0.3, -0.25) is 4.98 Å². The number of rotatable bonds is 7. The Kier molecular flexibility index (Phi) is 5.24. The van der Waals surface area contributed by atoms with Crippen molar-refractivity contribution in [1.29, 1.82) is 0 Å². The van der Waals surface area contributed by atoms with E-state index in [9.17, 15) is 0 Å². The first kappa shape index (κ1) is 14.7. The molecule has 0 amide bonds. The van der Waals surface area contributed by atoms with Crippen LogP contribution in [0.15, 0.2) is 29.0 Å². The fourth-order valence-electron chi connectivity index (χ4n) is 2.21. The Hall–Kier alpha value is -1.75. The van der Waals surface area contributed by atoms with Crippen LogP contribution < -0.4 is 5.32 Å². The van der Waals surface area contributed by atoms with Crippen molar-refractivity contribution in [3.05, 3.63) is 41.8 Å². The van der Waals surface area contributed by atoms with Crippen LogP contribution in [0.25, 0.3) is 0 Å². The fraction of sp³-hybridized carbons (Fsp3) is 0.533. The van der Waals surface area contributed by atoms with Gasteiger partial charge in [-0.1, -0.05) is 19.0 Å². The van der Waals surface area contributed by atoms with E-state index < -0.39 is 0 Å². The Morgan fingerprint density at radius 1 is 1.25 bits per heavy atom. The Labute approximate surface area is 119 Å². The molecule has 1 unspecified atom stereocenters. The number of nitrogens with one attached hydrogen (secondary N) is 1. The van der Waals surface area contributed by atoms with Crippen LogP contribution >= 0.6 is 0 Å². The molecule has 20 heavy (non-hydrogen) atoms. The lowest BCUT2D eigenvalue weighted by molar-refractivity contribution is 0.342. The van der Waals surface area contributed by atoms with Crippen molar-refractivity contribution in [2.75, 3.05) is 7.05 Å². The van der Waals surface area contributed by atoms with Gasteiger partial charge in [0.2, 0.25) is 5.89 Å². The monoisotopic (exact) mass is 274 g/mol. The van der Waals surface area contributed by atoms with E-state index in [1.54, 1.807) is 12.4 Å². The highest BCUT2D eigenvalue weighted by molar-refractivity contribution is 5.14. The molecule has 0 saturated heterocycles. The van der Waals surface area contributed by atoms with E-state index in [2.05, 4.69) is 34.3 Å². The van der Waals surface area contributed by atoms with E-state index in [1.165, 1.54) is 0 Å². The molecule has 108 valence electrons. The van der Waals surface area contributed by atoms with E-state index in [0.717, 1.165) is 24.2 Å². The van der Waals surface area contributed by atoms with Crippen LogP contribution in [0.1, 0.15) is 37.5 Å². The Morgan fingerprint density at radius 3 is 2.65 bits per heavy atom. The molecule has 0 aliphatic rings. The molecule has 0 aliphatic heterocycles. The van der Waals surface area contributed by atoms with Gasteiger partial charge in [-0.15, -0.1) is 0 Å². The third-order valence-electron chi connectivity index (χ3n) is 3.21. The minimum Gasteiger partial charge on any atom is -0.339 e. The van der Waals surface area contributed by atoms with Crippen LogP contribution in [0.5, 0.6) is 0 Å². The van der Waals surface area contributed by atoms with Crippen LogP contribution in [-0.2, 0) is 12.8 Å². The molecule has 0 saturated carbocycles. The second-order valence-corrected chi connectivity index (χ2v) is 5.46. The molecular weight excluding hydrogens is 252 g/mol. The molecule has 0 fully saturated rings. The minimum atomic E-state index is 0.379. The van der Waals surface area contributed by atoms with Crippen molar-refractivity contribution in [2.45, 2.75) is 39.2 Å². The lowest BCUT2D eigenvalue weighted by atomic mass is 10.0. The minimum absolute atomic E-state index is 0.379. The lowest BCUT2D eigenvalue weighted by Gasteiger charge is -2.15. The third-order valence-corrected chi connectivity index (χ3v) is 3.21. The van der Waals surface area contributed by atoms with Crippen LogP contribution in [0.3, 0.4) is 0 Å². The molecule has 0 spiro atoms. The molecule has 2 aromatic heterocycles. The Bertz CT molecular complexity index is 510. The van der Waals surface area contributed by atoms with Crippen LogP contribution in [-0.4, -0.2) is 28.2 Å².